The van der Waals surface area contributed by atoms with Gasteiger partial charge in [-0.15, -0.1) is 0 Å². The fourth-order valence-corrected chi connectivity index (χ4v) is 3.40. The van der Waals surface area contributed by atoms with Crippen LogP contribution in [0, 0.1) is 6.92 Å². The van der Waals surface area contributed by atoms with Crippen molar-refractivity contribution in [2.45, 2.75) is 19.2 Å². The van der Waals surface area contributed by atoms with Gasteiger partial charge in [0.05, 0.1) is 23.6 Å². The highest BCUT2D eigenvalue weighted by Crippen LogP contribution is 2.37. The van der Waals surface area contributed by atoms with Crippen LogP contribution in [0.15, 0.2) is 54.7 Å². The van der Waals surface area contributed by atoms with Crippen LogP contribution in [-0.4, -0.2) is 55.0 Å². The van der Waals surface area contributed by atoms with Crippen LogP contribution in [0.3, 0.4) is 0 Å². The molecule has 3 aromatic heterocycles. The first-order valence-electron chi connectivity index (χ1n) is 10.4. The Morgan fingerprint density at radius 1 is 1.20 bits per heavy atom. The number of carbonyl (C=O) groups is 1. The molecule has 0 saturated heterocycles. The van der Waals surface area contributed by atoms with Crippen LogP contribution in [-0.2, 0) is 6.18 Å². The summed E-state index contributed by atoms with van der Waals surface area (Å²) in [6.45, 7) is 0.589. The number of hydrogen-bond donors (Lipinski definition) is 3. The van der Waals surface area contributed by atoms with Gasteiger partial charge in [-0.25, -0.2) is 14.5 Å². The number of nitrogens with zero attached hydrogens (tertiary/aromatic N) is 4. The molecule has 4 rings (SSSR count). The molecule has 0 aliphatic carbocycles. The Bertz CT molecular complexity index is 1360. The van der Waals surface area contributed by atoms with Crippen molar-refractivity contribution in [2.24, 2.45) is 0 Å². The number of halogens is 3. The lowest BCUT2D eigenvalue weighted by Crippen LogP contribution is -2.22. The van der Waals surface area contributed by atoms with E-state index in [0.29, 0.717) is 0 Å². The lowest BCUT2D eigenvalue weighted by Gasteiger charge is -2.15. The number of amides is 1. The number of pyridine rings is 1. The number of fused-ring (bicyclic) bond motifs is 1. The van der Waals surface area contributed by atoms with E-state index in [2.05, 4.69) is 20.4 Å². The van der Waals surface area contributed by atoms with Crippen LogP contribution >= 0.6 is 0 Å². The normalized spacial score (nSPS) is 12.5. The van der Waals surface area contributed by atoms with Crippen molar-refractivity contribution < 1.29 is 32.9 Å². The second-order valence-corrected chi connectivity index (χ2v) is 7.53. The minimum atomic E-state index is -4.66. The van der Waals surface area contributed by atoms with E-state index < -0.39 is 30.4 Å². The lowest BCUT2D eigenvalue weighted by atomic mass is 10.0. The standard InChI is InChI=1S/C23H20F3N5O4/c1-13-20(22(34)29-19-8-4-5-9-27-19)31-21(28-13)18(35-12-14(33)11-32)10-17(30-31)15-6-2-3-7-16(15)23(24,25)26/h2-10,14,32-33H,11-12H2,1H3,(H,27,29,34). The number of benzene rings is 1. The molecule has 0 radical (unpaired) electrons. The Kier molecular flexibility index (Phi) is 6.67. The molecule has 0 bridgehead atoms. The molecular weight excluding hydrogens is 467 g/mol. The number of aliphatic hydroxyl groups is 2. The number of aromatic nitrogens is 4. The molecule has 9 nitrogen and oxygen atoms in total. The second-order valence-electron chi connectivity index (χ2n) is 7.53. The summed E-state index contributed by atoms with van der Waals surface area (Å²) in [5.74, 6) is -0.406. The van der Waals surface area contributed by atoms with Crippen molar-refractivity contribution in [2.75, 3.05) is 18.5 Å². The minimum Gasteiger partial charge on any atom is -0.487 e. The van der Waals surface area contributed by atoms with Crippen molar-refractivity contribution in [1.29, 1.82) is 0 Å². The number of ether oxygens (including phenoxy) is 1. The van der Waals surface area contributed by atoms with Gasteiger partial charge in [0.1, 0.15) is 18.5 Å². The number of aliphatic hydroxyl groups excluding tert-OH is 2. The van der Waals surface area contributed by atoms with Crippen LogP contribution in [0.1, 0.15) is 21.7 Å². The first-order chi connectivity index (χ1) is 16.7. The topological polar surface area (TPSA) is 122 Å². The first kappa shape index (κ1) is 24.1. The monoisotopic (exact) mass is 487 g/mol. The zero-order valence-electron chi connectivity index (χ0n) is 18.3. The van der Waals surface area contributed by atoms with E-state index in [1.165, 1.54) is 37.4 Å². The third-order valence-corrected chi connectivity index (χ3v) is 5.00. The highest BCUT2D eigenvalue weighted by molar-refractivity contribution is 6.04. The van der Waals surface area contributed by atoms with Gasteiger partial charge in [-0.05, 0) is 25.1 Å². The summed E-state index contributed by atoms with van der Waals surface area (Å²) < 4.78 is 47.7. The average Bonchev–Trinajstić information content (AvgIpc) is 3.18. The molecule has 0 spiro atoms. The van der Waals surface area contributed by atoms with Crippen LogP contribution in [0.4, 0.5) is 19.0 Å². The van der Waals surface area contributed by atoms with Gasteiger partial charge in [0.2, 0.25) is 0 Å². The van der Waals surface area contributed by atoms with Crippen LogP contribution < -0.4 is 10.1 Å². The van der Waals surface area contributed by atoms with Crippen molar-refractivity contribution in [3.05, 3.63) is 71.7 Å². The fraction of sp³-hybridized carbons (Fsp3) is 0.217. The largest absolute Gasteiger partial charge is 0.487 e. The van der Waals surface area contributed by atoms with Gasteiger partial charge in [-0.2, -0.15) is 18.3 Å². The number of nitrogens with one attached hydrogen (secondary N) is 1. The molecule has 0 fully saturated rings. The smallest absolute Gasteiger partial charge is 0.417 e. The van der Waals surface area contributed by atoms with Crippen molar-refractivity contribution in [3.8, 4) is 17.0 Å². The second kappa shape index (κ2) is 9.68. The summed E-state index contributed by atoms with van der Waals surface area (Å²) in [6, 6.07) is 11.0. The van der Waals surface area contributed by atoms with Crippen LogP contribution in [0.25, 0.3) is 16.9 Å². The number of imidazole rings is 1. The fourth-order valence-electron chi connectivity index (χ4n) is 3.40. The maximum absolute atomic E-state index is 13.7. The van der Waals surface area contributed by atoms with Gasteiger partial charge >= 0.3 is 6.18 Å². The third-order valence-electron chi connectivity index (χ3n) is 5.00. The summed E-state index contributed by atoms with van der Waals surface area (Å²) in [4.78, 5) is 21.4. The van der Waals surface area contributed by atoms with Crippen LogP contribution in [0.2, 0.25) is 0 Å². The highest BCUT2D eigenvalue weighted by Gasteiger charge is 2.34. The van der Waals surface area contributed by atoms with Gasteiger partial charge in [0.25, 0.3) is 5.91 Å². The van der Waals surface area contributed by atoms with Crippen molar-refractivity contribution in [1.82, 2.24) is 19.6 Å². The molecule has 12 heteroatoms. The number of rotatable bonds is 7. The molecule has 1 amide bonds. The molecular formula is C23H20F3N5O4. The summed E-state index contributed by atoms with van der Waals surface area (Å²) in [7, 11) is 0. The maximum atomic E-state index is 13.7. The predicted molar refractivity (Wildman–Crippen MR) is 119 cm³/mol. The maximum Gasteiger partial charge on any atom is 0.417 e. The zero-order valence-corrected chi connectivity index (χ0v) is 18.3. The van der Waals surface area contributed by atoms with E-state index in [0.717, 1.165) is 10.6 Å². The number of hydrogen-bond acceptors (Lipinski definition) is 7. The van der Waals surface area contributed by atoms with E-state index in [1.54, 1.807) is 18.2 Å². The van der Waals surface area contributed by atoms with Crippen molar-refractivity contribution >= 4 is 17.4 Å². The summed E-state index contributed by atoms with van der Waals surface area (Å²) in [5, 5.41) is 25.7. The molecule has 35 heavy (non-hydrogen) atoms. The number of anilines is 1. The van der Waals surface area contributed by atoms with E-state index >= 15 is 0 Å². The number of alkyl halides is 3. The van der Waals surface area contributed by atoms with Gasteiger partial charge in [0, 0.05) is 17.8 Å². The van der Waals surface area contributed by atoms with Gasteiger partial charge < -0.3 is 20.3 Å². The molecule has 0 saturated carbocycles. The quantitative estimate of drug-likeness (QED) is 0.366. The molecule has 1 atom stereocenters. The molecule has 3 N–H and O–H groups in total. The SMILES string of the molecule is Cc1nc2c(OCC(O)CO)cc(-c3ccccc3C(F)(F)F)nn2c1C(=O)Nc1ccccn1. The zero-order chi connectivity index (χ0) is 25.2. The number of aryl methyl sites for hydroxylation is 1. The predicted octanol–water partition coefficient (Wildman–Crippen LogP) is 3.10. The Balaban J connectivity index is 1.89. The third kappa shape index (κ3) is 5.08. The lowest BCUT2D eigenvalue weighted by molar-refractivity contribution is -0.137. The van der Waals surface area contributed by atoms with Gasteiger partial charge in [-0.1, -0.05) is 24.3 Å². The van der Waals surface area contributed by atoms with E-state index in [9.17, 15) is 23.1 Å². The summed E-state index contributed by atoms with van der Waals surface area (Å²) >= 11 is 0. The molecule has 182 valence electrons. The number of carbonyl (C=O) groups excluding carboxylic acids is 1. The molecule has 0 aliphatic heterocycles. The van der Waals surface area contributed by atoms with Gasteiger partial charge in [0.15, 0.2) is 17.1 Å². The Morgan fingerprint density at radius 3 is 2.63 bits per heavy atom. The molecule has 4 aromatic rings. The minimum absolute atomic E-state index is 0.0283. The van der Waals surface area contributed by atoms with Gasteiger partial charge in [-0.3, -0.25) is 4.79 Å². The Hall–Kier alpha value is -4.03. The van der Waals surface area contributed by atoms with E-state index in [-0.39, 0.29) is 46.5 Å². The van der Waals surface area contributed by atoms with Crippen LogP contribution in [0.5, 0.6) is 5.75 Å². The first-order valence-corrected chi connectivity index (χ1v) is 10.4. The molecule has 0 aliphatic rings. The highest BCUT2D eigenvalue weighted by atomic mass is 19.4. The Labute approximate surface area is 196 Å². The summed E-state index contributed by atoms with van der Waals surface area (Å²) in [5.41, 5.74) is -1.05. The summed E-state index contributed by atoms with van der Waals surface area (Å²) in [6.07, 6.45) is -4.41. The molecule has 1 unspecified atom stereocenters. The molecule has 1 aromatic carbocycles. The average molecular weight is 487 g/mol. The van der Waals surface area contributed by atoms with Crippen molar-refractivity contribution in [3.63, 3.8) is 0 Å². The molecule has 3 heterocycles. The van der Waals surface area contributed by atoms with E-state index in [1.807, 2.05) is 0 Å². The Morgan fingerprint density at radius 2 is 1.94 bits per heavy atom. The van der Waals surface area contributed by atoms with E-state index in [4.69, 9.17) is 9.84 Å².